The number of hydrogen-bond donors (Lipinski definition) is 4. The Morgan fingerprint density at radius 3 is 2.21 bits per heavy atom. The van der Waals surface area contributed by atoms with Crippen LogP contribution in [0.2, 0.25) is 0 Å². The minimum Gasteiger partial charge on any atom is -0.481 e. The third kappa shape index (κ3) is 17.7. The minimum atomic E-state index is -0.692. The molecule has 0 saturated heterocycles. The van der Waals surface area contributed by atoms with Crippen molar-refractivity contribution >= 4 is 37.1 Å². The Labute approximate surface area is 183 Å². The fraction of sp³-hybridized carbons (Fsp3) is 0.905. The van der Waals surface area contributed by atoms with E-state index < -0.39 is 5.97 Å². The van der Waals surface area contributed by atoms with Gasteiger partial charge in [-0.05, 0) is 31.7 Å². The molecule has 1 unspecified atom stereocenters. The number of thiol groups is 2. The van der Waals surface area contributed by atoms with Crippen LogP contribution in [0.4, 0.5) is 0 Å². The second-order valence-corrected chi connectivity index (χ2v) is 8.46. The first-order valence-corrected chi connectivity index (χ1v) is 12.2. The summed E-state index contributed by atoms with van der Waals surface area (Å²) >= 11 is 8.45. The fourth-order valence-electron chi connectivity index (χ4n) is 3.47. The van der Waals surface area contributed by atoms with Crippen LogP contribution in [-0.2, 0) is 9.59 Å². The Morgan fingerprint density at radius 2 is 1.61 bits per heavy atom. The number of carbonyl (C=O) groups is 2. The summed E-state index contributed by atoms with van der Waals surface area (Å²) in [6.45, 7) is 5.03. The predicted octanol–water partition coefficient (Wildman–Crippen LogP) is 4.28. The molecule has 1 amide bonds. The van der Waals surface area contributed by atoms with E-state index in [2.05, 4.69) is 42.4 Å². The van der Waals surface area contributed by atoms with Crippen LogP contribution in [0.1, 0.15) is 77.6 Å². The van der Waals surface area contributed by atoms with Gasteiger partial charge in [-0.3, -0.25) is 14.5 Å². The van der Waals surface area contributed by atoms with Crippen molar-refractivity contribution in [2.45, 2.75) is 77.6 Å². The lowest BCUT2D eigenvalue weighted by Gasteiger charge is -2.23. The van der Waals surface area contributed by atoms with Crippen molar-refractivity contribution < 1.29 is 14.7 Å². The maximum atomic E-state index is 12.0. The lowest BCUT2D eigenvalue weighted by atomic mass is 9.90. The molecule has 0 fully saturated rings. The average molecular weight is 435 g/mol. The molecule has 0 aliphatic heterocycles. The molecule has 0 aromatic carbocycles. The highest BCUT2D eigenvalue weighted by atomic mass is 32.1. The monoisotopic (exact) mass is 434 g/mol. The zero-order chi connectivity index (χ0) is 21.0. The van der Waals surface area contributed by atoms with E-state index in [4.69, 9.17) is 5.11 Å². The van der Waals surface area contributed by atoms with Crippen LogP contribution in [-0.4, -0.2) is 59.6 Å². The zero-order valence-corrected chi connectivity index (χ0v) is 19.5. The smallest absolute Gasteiger partial charge is 0.303 e. The summed E-state index contributed by atoms with van der Waals surface area (Å²) in [5, 5.41) is 11.6. The Bertz CT molecular complexity index is 398. The second kappa shape index (κ2) is 19.9. The highest BCUT2D eigenvalue weighted by Crippen LogP contribution is 2.23. The SMILES string of the molecule is CCCCCC(CCCCCC(=O)O)CCCN(CCS)CC(=O)NCCS. The number of nitrogens with zero attached hydrogens (tertiary/aromatic N) is 1. The molecule has 7 heteroatoms. The maximum absolute atomic E-state index is 12.0. The van der Waals surface area contributed by atoms with Gasteiger partial charge < -0.3 is 10.4 Å². The third-order valence-electron chi connectivity index (χ3n) is 5.02. The van der Waals surface area contributed by atoms with Gasteiger partial charge in [-0.1, -0.05) is 51.9 Å². The van der Waals surface area contributed by atoms with Crippen molar-refractivity contribution in [3.8, 4) is 0 Å². The summed E-state index contributed by atoms with van der Waals surface area (Å²) < 4.78 is 0. The summed E-state index contributed by atoms with van der Waals surface area (Å²) in [5.41, 5.74) is 0. The number of carboxylic acids is 1. The number of aliphatic carboxylic acids is 1. The number of rotatable bonds is 20. The molecule has 0 saturated carbocycles. The van der Waals surface area contributed by atoms with Crippen molar-refractivity contribution in [3.05, 3.63) is 0 Å². The molecule has 2 N–H and O–H groups in total. The van der Waals surface area contributed by atoms with E-state index in [1.165, 1.54) is 38.5 Å². The first-order valence-electron chi connectivity index (χ1n) is 11.0. The highest BCUT2D eigenvalue weighted by molar-refractivity contribution is 7.80. The molecule has 28 heavy (non-hydrogen) atoms. The Balaban J connectivity index is 4.25. The van der Waals surface area contributed by atoms with Crippen molar-refractivity contribution in [2.24, 2.45) is 5.92 Å². The van der Waals surface area contributed by atoms with Crippen LogP contribution in [0, 0.1) is 5.92 Å². The lowest BCUT2D eigenvalue weighted by molar-refractivity contribution is -0.137. The van der Waals surface area contributed by atoms with Gasteiger partial charge in [-0.2, -0.15) is 25.3 Å². The number of nitrogens with one attached hydrogen (secondary N) is 1. The van der Waals surface area contributed by atoms with Crippen molar-refractivity contribution in [3.63, 3.8) is 0 Å². The van der Waals surface area contributed by atoms with Gasteiger partial charge in [0, 0.05) is 31.0 Å². The van der Waals surface area contributed by atoms with Gasteiger partial charge in [-0.15, -0.1) is 0 Å². The van der Waals surface area contributed by atoms with Gasteiger partial charge in [0.2, 0.25) is 5.91 Å². The maximum Gasteiger partial charge on any atom is 0.303 e. The summed E-state index contributed by atoms with van der Waals surface area (Å²) in [4.78, 5) is 24.8. The molecule has 0 bridgehead atoms. The van der Waals surface area contributed by atoms with Crippen LogP contribution < -0.4 is 5.32 Å². The molecule has 0 spiro atoms. The molecule has 0 rings (SSSR count). The topological polar surface area (TPSA) is 69.6 Å². The molecule has 166 valence electrons. The normalized spacial score (nSPS) is 12.3. The van der Waals surface area contributed by atoms with Crippen LogP contribution in [0.15, 0.2) is 0 Å². The predicted molar refractivity (Wildman–Crippen MR) is 125 cm³/mol. The number of carboxylic acid groups (broad SMARTS) is 1. The van der Waals surface area contributed by atoms with E-state index in [9.17, 15) is 9.59 Å². The lowest BCUT2D eigenvalue weighted by Crippen LogP contribution is -2.39. The van der Waals surface area contributed by atoms with Crippen molar-refractivity contribution in [2.75, 3.05) is 37.7 Å². The van der Waals surface area contributed by atoms with E-state index in [1.807, 2.05) is 0 Å². The van der Waals surface area contributed by atoms with Gasteiger partial charge in [0.15, 0.2) is 0 Å². The fourth-order valence-corrected chi connectivity index (χ4v) is 3.87. The quantitative estimate of drug-likeness (QED) is 0.171. The van der Waals surface area contributed by atoms with Gasteiger partial charge in [0.25, 0.3) is 0 Å². The first-order chi connectivity index (χ1) is 13.5. The molecule has 0 heterocycles. The summed E-state index contributed by atoms with van der Waals surface area (Å²) in [5.74, 6) is 1.50. The molecular formula is C21H42N2O3S2. The van der Waals surface area contributed by atoms with E-state index in [1.54, 1.807) is 0 Å². The Hall–Kier alpha value is -0.400. The van der Waals surface area contributed by atoms with Gasteiger partial charge >= 0.3 is 5.97 Å². The van der Waals surface area contributed by atoms with E-state index >= 15 is 0 Å². The molecule has 0 radical (unpaired) electrons. The Kier molecular flexibility index (Phi) is 19.6. The largest absolute Gasteiger partial charge is 0.481 e. The molecule has 5 nitrogen and oxygen atoms in total. The number of carbonyl (C=O) groups excluding carboxylic acids is 1. The molecule has 0 aromatic heterocycles. The molecule has 0 aliphatic rings. The standard InChI is InChI=1S/C21H42N2O3S2/c1-2-3-5-9-19(10-6-4-7-12-21(25)26)11-8-14-23(15-17-28)18-20(24)22-13-16-27/h19,27-28H,2-18H2,1H3,(H,22,24)(H,25,26). The summed E-state index contributed by atoms with van der Waals surface area (Å²) in [6.07, 6.45) is 11.7. The van der Waals surface area contributed by atoms with Gasteiger partial charge in [-0.25, -0.2) is 0 Å². The van der Waals surface area contributed by atoms with Gasteiger partial charge in [0.1, 0.15) is 0 Å². The first kappa shape index (κ1) is 27.6. The second-order valence-electron chi connectivity index (χ2n) is 7.57. The summed E-state index contributed by atoms with van der Waals surface area (Å²) in [6, 6.07) is 0. The molecule has 0 aromatic rings. The minimum absolute atomic E-state index is 0.0637. The van der Waals surface area contributed by atoms with E-state index in [-0.39, 0.29) is 12.3 Å². The Morgan fingerprint density at radius 1 is 0.929 bits per heavy atom. The summed E-state index contributed by atoms with van der Waals surface area (Å²) in [7, 11) is 0. The highest BCUT2D eigenvalue weighted by Gasteiger charge is 2.13. The third-order valence-corrected chi connectivity index (χ3v) is 5.45. The molecule has 0 aliphatic carbocycles. The average Bonchev–Trinajstić information content (AvgIpc) is 2.65. The van der Waals surface area contributed by atoms with Crippen LogP contribution in [0.25, 0.3) is 0 Å². The van der Waals surface area contributed by atoms with Crippen LogP contribution >= 0.6 is 25.3 Å². The number of amides is 1. The van der Waals surface area contributed by atoms with E-state index in [0.717, 1.165) is 44.5 Å². The van der Waals surface area contributed by atoms with Crippen LogP contribution in [0.5, 0.6) is 0 Å². The number of hydrogen-bond acceptors (Lipinski definition) is 5. The molecular weight excluding hydrogens is 392 g/mol. The van der Waals surface area contributed by atoms with E-state index in [0.29, 0.717) is 24.8 Å². The van der Waals surface area contributed by atoms with Crippen molar-refractivity contribution in [1.29, 1.82) is 0 Å². The zero-order valence-electron chi connectivity index (χ0n) is 17.7. The molecule has 1 atom stereocenters. The van der Waals surface area contributed by atoms with Crippen molar-refractivity contribution in [1.82, 2.24) is 10.2 Å². The number of unbranched alkanes of at least 4 members (excludes halogenated alkanes) is 4. The van der Waals surface area contributed by atoms with Gasteiger partial charge in [0.05, 0.1) is 6.54 Å². The van der Waals surface area contributed by atoms with Crippen LogP contribution in [0.3, 0.4) is 0 Å².